The van der Waals surface area contributed by atoms with Crippen molar-refractivity contribution in [3.05, 3.63) is 35.3 Å². The molecule has 0 amide bonds. The zero-order chi connectivity index (χ0) is 24.7. The van der Waals surface area contributed by atoms with Gasteiger partial charge in [-0.3, -0.25) is 10.00 Å². The Bertz CT molecular complexity index is 1490. The molecule has 0 unspecified atom stereocenters. The Labute approximate surface area is 213 Å². The topological polar surface area (TPSA) is 108 Å². The maximum atomic E-state index is 12.2. The van der Waals surface area contributed by atoms with Gasteiger partial charge in [0.1, 0.15) is 0 Å². The van der Waals surface area contributed by atoms with Gasteiger partial charge in [0.05, 0.1) is 40.9 Å². The highest BCUT2D eigenvalue weighted by molar-refractivity contribution is 7.89. The van der Waals surface area contributed by atoms with Crippen molar-refractivity contribution in [1.29, 1.82) is 0 Å². The third-order valence-electron chi connectivity index (χ3n) is 6.91. The molecule has 2 fully saturated rings. The quantitative estimate of drug-likeness (QED) is 0.408. The molecule has 0 spiro atoms. The highest BCUT2D eigenvalue weighted by atomic mass is 32.2. The van der Waals surface area contributed by atoms with Crippen LogP contribution in [0.4, 0.5) is 5.82 Å². The van der Waals surface area contributed by atoms with Crippen LogP contribution in [-0.4, -0.2) is 96.0 Å². The van der Waals surface area contributed by atoms with Crippen molar-refractivity contribution in [2.24, 2.45) is 0 Å². The van der Waals surface area contributed by atoms with E-state index in [4.69, 9.17) is 14.7 Å². The normalized spacial score (nSPS) is 18.4. The van der Waals surface area contributed by atoms with Crippen molar-refractivity contribution < 1.29 is 13.2 Å². The summed E-state index contributed by atoms with van der Waals surface area (Å²) in [5, 5.41) is 8.24. The lowest BCUT2D eigenvalue weighted by Crippen LogP contribution is -2.48. The second-order valence-corrected chi connectivity index (χ2v) is 12.5. The number of anilines is 1. The van der Waals surface area contributed by atoms with Gasteiger partial charge < -0.3 is 9.64 Å². The Morgan fingerprint density at radius 3 is 2.67 bits per heavy atom. The minimum absolute atomic E-state index is 0.154. The summed E-state index contributed by atoms with van der Waals surface area (Å²) >= 11 is 1.73. The highest BCUT2D eigenvalue weighted by Gasteiger charge is 2.26. The molecule has 4 aromatic rings. The molecule has 0 radical (unpaired) electrons. The molecule has 0 atom stereocenters. The monoisotopic (exact) mass is 527 g/mol. The van der Waals surface area contributed by atoms with Crippen LogP contribution < -0.4 is 4.90 Å². The predicted octanol–water partition coefficient (Wildman–Crippen LogP) is 2.54. The molecule has 10 nitrogen and oxygen atoms in total. The van der Waals surface area contributed by atoms with E-state index in [2.05, 4.69) is 26.1 Å². The maximum absolute atomic E-state index is 12.2. The molecule has 3 aromatic heterocycles. The Morgan fingerprint density at radius 1 is 1.08 bits per heavy atom. The molecule has 12 heteroatoms. The van der Waals surface area contributed by atoms with E-state index in [1.165, 1.54) is 4.88 Å². The summed E-state index contributed by atoms with van der Waals surface area (Å²) in [6.45, 7) is 7.96. The molecule has 36 heavy (non-hydrogen) atoms. The molecule has 1 N–H and O–H groups in total. The average molecular weight is 528 g/mol. The molecule has 0 aliphatic carbocycles. The summed E-state index contributed by atoms with van der Waals surface area (Å²) < 4.78 is 32.7. The maximum Gasteiger partial charge on any atom is 0.213 e. The van der Waals surface area contributed by atoms with Crippen LogP contribution in [0.5, 0.6) is 0 Å². The predicted molar refractivity (Wildman–Crippen MR) is 142 cm³/mol. The molecule has 2 saturated heterocycles. The van der Waals surface area contributed by atoms with Gasteiger partial charge in [0.2, 0.25) is 10.0 Å². The minimum Gasteiger partial charge on any atom is -0.378 e. The zero-order valence-corrected chi connectivity index (χ0v) is 21.8. The largest absolute Gasteiger partial charge is 0.378 e. The van der Waals surface area contributed by atoms with E-state index >= 15 is 0 Å². The number of nitrogens with zero attached hydrogens (tertiary/aromatic N) is 6. The highest BCUT2D eigenvalue weighted by Crippen LogP contribution is 2.36. The standard InChI is InChI=1S/C24H29N7O3S2/c1-2-36(32,33)31-8-6-29(7-9-31)16-17-14-21-22(35-17)24(30-10-12-34-13-11-30)27-23(26-21)18-4-3-5-20-19(18)15-25-28-20/h3-5,14-15H,2,6-13,16H2,1H3,(H,25,28). The van der Waals surface area contributed by atoms with Crippen LogP contribution in [0.2, 0.25) is 0 Å². The van der Waals surface area contributed by atoms with Crippen molar-refractivity contribution in [2.75, 3.05) is 63.1 Å². The van der Waals surface area contributed by atoms with Crippen molar-refractivity contribution in [2.45, 2.75) is 13.5 Å². The number of aromatic nitrogens is 4. The first-order valence-electron chi connectivity index (χ1n) is 12.3. The lowest BCUT2D eigenvalue weighted by atomic mass is 10.1. The van der Waals surface area contributed by atoms with Crippen molar-refractivity contribution in [3.8, 4) is 11.4 Å². The number of fused-ring (bicyclic) bond motifs is 2. The van der Waals surface area contributed by atoms with Gasteiger partial charge in [-0.05, 0) is 19.1 Å². The third-order valence-corrected chi connectivity index (χ3v) is 9.90. The second kappa shape index (κ2) is 9.67. The van der Waals surface area contributed by atoms with E-state index in [9.17, 15) is 8.42 Å². The van der Waals surface area contributed by atoms with Gasteiger partial charge >= 0.3 is 0 Å². The first-order valence-corrected chi connectivity index (χ1v) is 14.7. The molecule has 1 aromatic carbocycles. The molecule has 0 saturated carbocycles. The molecular formula is C24H29N7O3S2. The van der Waals surface area contributed by atoms with Crippen molar-refractivity contribution in [1.82, 2.24) is 29.4 Å². The smallest absolute Gasteiger partial charge is 0.213 e. The number of nitrogens with one attached hydrogen (secondary N) is 1. The number of hydrogen-bond donors (Lipinski definition) is 1. The molecule has 2 aliphatic rings. The van der Waals surface area contributed by atoms with Crippen molar-refractivity contribution in [3.63, 3.8) is 0 Å². The van der Waals surface area contributed by atoms with Crippen LogP contribution in [0.25, 0.3) is 32.5 Å². The van der Waals surface area contributed by atoms with Crippen LogP contribution in [-0.2, 0) is 21.3 Å². The summed E-state index contributed by atoms with van der Waals surface area (Å²) in [6, 6.07) is 8.20. The Kier molecular flexibility index (Phi) is 6.38. The van der Waals surface area contributed by atoms with E-state index in [-0.39, 0.29) is 5.75 Å². The van der Waals surface area contributed by atoms with Gasteiger partial charge in [-0.2, -0.15) is 9.40 Å². The van der Waals surface area contributed by atoms with E-state index in [0.717, 1.165) is 65.2 Å². The second-order valence-electron chi connectivity index (χ2n) is 9.11. The first-order chi connectivity index (χ1) is 17.5. The van der Waals surface area contributed by atoms with Gasteiger partial charge in [0, 0.05) is 61.6 Å². The van der Waals surface area contributed by atoms with Crippen LogP contribution in [0.1, 0.15) is 11.8 Å². The number of thiophene rings is 1. The number of piperazine rings is 1. The number of H-pyrrole nitrogens is 1. The van der Waals surface area contributed by atoms with Gasteiger partial charge in [-0.25, -0.2) is 18.4 Å². The van der Waals surface area contributed by atoms with Crippen molar-refractivity contribution >= 4 is 48.3 Å². The lowest BCUT2D eigenvalue weighted by molar-refractivity contribution is 0.122. The number of rotatable bonds is 6. The zero-order valence-electron chi connectivity index (χ0n) is 20.2. The van der Waals surface area contributed by atoms with E-state index in [1.54, 1.807) is 22.6 Å². The molecular weight excluding hydrogens is 498 g/mol. The van der Waals surface area contributed by atoms with E-state index in [1.807, 2.05) is 24.4 Å². The van der Waals surface area contributed by atoms with Gasteiger partial charge in [0.15, 0.2) is 11.6 Å². The minimum atomic E-state index is -3.13. The number of sulfonamides is 1. The van der Waals surface area contributed by atoms with Gasteiger partial charge in [-0.15, -0.1) is 11.3 Å². The number of hydrogen-bond acceptors (Lipinski definition) is 9. The summed E-state index contributed by atoms with van der Waals surface area (Å²) in [5.74, 6) is 1.80. The third kappa shape index (κ3) is 4.48. The van der Waals surface area contributed by atoms with Gasteiger partial charge in [-0.1, -0.05) is 12.1 Å². The Balaban J connectivity index is 1.33. The van der Waals surface area contributed by atoms with E-state index < -0.39 is 10.0 Å². The summed E-state index contributed by atoms with van der Waals surface area (Å²) in [6.07, 6.45) is 1.82. The number of morpholine rings is 1. The molecule has 5 heterocycles. The summed E-state index contributed by atoms with van der Waals surface area (Å²) in [5.41, 5.74) is 2.85. The molecule has 6 rings (SSSR count). The SMILES string of the molecule is CCS(=O)(=O)N1CCN(Cc2cc3nc(-c4cccc5[nH]ncc45)nc(N4CCOCC4)c3s2)CC1. The van der Waals surface area contributed by atoms with Crippen LogP contribution in [0.3, 0.4) is 0 Å². The average Bonchev–Trinajstić information content (AvgIpc) is 3.55. The number of ether oxygens (including phenoxy) is 1. The Hall–Kier alpha value is -2.64. The van der Waals surface area contributed by atoms with Crippen LogP contribution >= 0.6 is 11.3 Å². The molecule has 190 valence electrons. The van der Waals surface area contributed by atoms with Gasteiger partial charge in [0.25, 0.3) is 0 Å². The fourth-order valence-corrected chi connectivity index (χ4v) is 7.12. The fraction of sp³-hybridized carbons (Fsp3) is 0.458. The number of aromatic amines is 1. The lowest BCUT2D eigenvalue weighted by Gasteiger charge is -2.33. The Morgan fingerprint density at radius 2 is 1.89 bits per heavy atom. The first kappa shape index (κ1) is 23.7. The van der Waals surface area contributed by atoms with Crippen LogP contribution in [0, 0.1) is 0 Å². The van der Waals surface area contributed by atoms with E-state index in [0.29, 0.717) is 32.1 Å². The molecule has 0 bridgehead atoms. The number of benzene rings is 1. The summed E-state index contributed by atoms with van der Waals surface area (Å²) in [7, 11) is -3.13. The molecule has 2 aliphatic heterocycles. The fourth-order valence-electron chi connectivity index (χ4n) is 4.88. The van der Waals surface area contributed by atoms with Crippen LogP contribution in [0.15, 0.2) is 30.5 Å². The summed E-state index contributed by atoms with van der Waals surface area (Å²) in [4.78, 5) is 15.9.